The molecule has 0 aliphatic carbocycles. The van der Waals surface area contributed by atoms with Crippen LogP contribution in [0.25, 0.3) is 0 Å². The molecule has 0 unspecified atom stereocenters. The number of rotatable bonds is 7. The average Bonchev–Trinajstić information content (AvgIpc) is 2.38. The normalized spacial score (nSPS) is 9.83. The van der Waals surface area contributed by atoms with E-state index in [1.165, 1.54) is 31.0 Å². The third-order valence-electron chi connectivity index (χ3n) is 2.05. The van der Waals surface area contributed by atoms with Gasteiger partial charge in [0.25, 0.3) is 0 Å². The highest BCUT2D eigenvalue weighted by Gasteiger charge is 2.02. The Labute approximate surface area is 109 Å². The molecular weight excluding hydrogens is 256 g/mol. The average molecular weight is 270 g/mol. The molecule has 1 aromatic rings. The number of carbonyl (C=O) groups excluding carboxylic acids is 1. The first-order chi connectivity index (χ1) is 8.63. The summed E-state index contributed by atoms with van der Waals surface area (Å²) in [4.78, 5) is 21.4. The smallest absolute Gasteiger partial charge is 0.335 e. The standard InChI is InChI=1S/C12H14O5S/c1-16-11(13)8-18-7-6-17-10-4-2-9(3-5-10)12(14)15/h2-5H,6-8H2,1H3,(H,14,15). The van der Waals surface area contributed by atoms with Crippen LogP contribution >= 0.6 is 11.8 Å². The van der Waals surface area contributed by atoms with Gasteiger partial charge in [-0.05, 0) is 24.3 Å². The van der Waals surface area contributed by atoms with Crippen LogP contribution in [0.15, 0.2) is 24.3 Å². The maximum Gasteiger partial charge on any atom is 0.335 e. The van der Waals surface area contributed by atoms with Gasteiger partial charge in [-0.15, -0.1) is 11.8 Å². The molecule has 98 valence electrons. The summed E-state index contributed by atoms with van der Waals surface area (Å²) < 4.78 is 9.88. The van der Waals surface area contributed by atoms with E-state index in [4.69, 9.17) is 9.84 Å². The molecule has 0 aromatic heterocycles. The van der Waals surface area contributed by atoms with Crippen molar-refractivity contribution in [3.05, 3.63) is 29.8 Å². The Morgan fingerprint density at radius 1 is 1.28 bits per heavy atom. The minimum atomic E-state index is -0.963. The van der Waals surface area contributed by atoms with Gasteiger partial charge in [-0.2, -0.15) is 0 Å². The minimum Gasteiger partial charge on any atom is -0.493 e. The van der Waals surface area contributed by atoms with Gasteiger partial charge in [0, 0.05) is 5.75 Å². The summed E-state index contributed by atoms with van der Waals surface area (Å²) in [5, 5.41) is 8.71. The largest absolute Gasteiger partial charge is 0.493 e. The van der Waals surface area contributed by atoms with Crippen LogP contribution in [0.2, 0.25) is 0 Å². The van der Waals surface area contributed by atoms with Crippen molar-refractivity contribution in [1.82, 2.24) is 0 Å². The summed E-state index contributed by atoms with van der Waals surface area (Å²) in [6.45, 7) is 0.452. The minimum absolute atomic E-state index is 0.224. The number of hydrogen-bond acceptors (Lipinski definition) is 5. The lowest BCUT2D eigenvalue weighted by molar-refractivity contribution is -0.137. The molecule has 1 aromatic carbocycles. The Kier molecular flexibility index (Phi) is 6.07. The molecule has 0 amide bonds. The van der Waals surface area contributed by atoms with Crippen molar-refractivity contribution in [2.24, 2.45) is 0 Å². The first kappa shape index (κ1) is 14.4. The van der Waals surface area contributed by atoms with E-state index in [1.807, 2.05) is 0 Å². The molecule has 5 nitrogen and oxygen atoms in total. The first-order valence-electron chi connectivity index (χ1n) is 5.24. The Bertz CT molecular complexity index is 401. The van der Waals surface area contributed by atoms with Gasteiger partial charge >= 0.3 is 11.9 Å². The predicted molar refractivity (Wildman–Crippen MR) is 68.2 cm³/mol. The van der Waals surface area contributed by atoms with Crippen molar-refractivity contribution in [2.75, 3.05) is 25.2 Å². The highest BCUT2D eigenvalue weighted by Crippen LogP contribution is 2.12. The van der Waals surface area contributed by atoms with Crippen molar-refractivity contribution in [1.29, 1.82) is 0 Å². The molecule has 1 rings (SSSR count). The van der Waals surface area contributed by atoms with E-state index >= 15 is 0 Å². The number of benzene rings is 1. The Hall–Kier alpha value is -1.69. The van der Waals surface area contributed by atoms with Crippen molar-refractivity contribution in [2.45, 2.75) is 0 Å². The molecule has 0 radical (unpaired) electrons. The molecule has 6 heteroatoms. The number of carbonyl (C=O) groups is 2. The maximum absolute atomic E-state index is 10.8. The number of methoxy groups -OCH3 is 1. The first-order valence-corrected chi connectivity index (χ1v) is 6.39. The van der Waals surface area contributed by atoms with E-state index in [1.54, 1.807) is 12.1 Å². The zero-order valence-electron chi connectivity index (χ0n) is 9.92. The molecule has 0 saturated heterocycles. The van der Waals surface area contributed by atoms with Gasteiger partial charge in [0.2, 0.25) is 0 Å². The van der Waals surface area contributed by atoms with Gasteiger partial charge in [-0.3, -0.25) is 4.79 Å². The number of carboxylic acid groups (broad SMARTS) is 1. The highest BCUT2D eigenvalue weighted by molar-refractivity contribution is 7.99. The second-order valence-electron chi connectivity index (χ2n) is 3.31. The third-order valence-corrected chi connectivity index (χ3v) is 2.94. The molecular formula is C12H14O5S. The lowest BCUT2D eigenvalue weighted by Gasteiger charge is -2.05. The number of thioether (sulfide) groups is 1. The number of esters is 1. The van der Waals surface area contributed by atoms with E-state index < -0.39 is 5.97 Å². The van der Waals surface area contributed by atoms with Gasteiger partial charge in [0.15, 0.2) is 0 Å². The summed E-state index contributed by atoms with van der Waals surface area (Å²) in [7, 11) is 1.35. The zero-order chi connectivity index (χ0) is 13.4. The zero-order valence-corrected chi connectivity index (χ0v) is 10.7. The lowest BCUT2D eigenvalue weighted by Crippen LogP contribution is -2.07. The summed E-state index contributed by atoms with van der Waals surface area (Å²) in [6, 6.07) is 6.18. The molecule has 0 fully saturated rings. The highest BCUT2D eigenvalue weighted by atomic mass is 32.2. The van der Waals surface area contributed by atoms with Crippen molar-refractivity contribution in [3.8, 4) is 5.75 Å². The van der Waals surface area contributed by atoms with E-state index in [0.717, 1.165) is 0 Å². The number of hydrogen-bond donors (Lipinski definition) is 1. The molecule has 0 aliphatic rings. The van der Waals surface area contributed by atoms with Crippen molar-refractivity contribution >= 4 is 23.7 Å². The van der Waals surface area contributed by atoms with Crippen LogP contribution in [0, 0.1) is 0 Å². The summed E-state index contributed by atoms with van der Waals surface area (Å²) in [5.74, 6) is 0.354. The quantitative estimate of drug-likeness (QED) is 0.600. The van der Waals surface area contributed by atoms with Gasteiger partial charge in [0.1, 0.15) is 5.75 Å². The maximum atomic E-state index is 10.8. The molecule has 0 atom stereocenters. The predicted octanol–water partition coefficient (Wildman–Crippen LogP) is 1.67. The Morgan fingerprint density at radius 2 is 1.94 bits per heavy atom. The van der Waals surface area contributed by atoms with Crippen molar-refractivity contribution < 1.29 is 24.2 Å². The van der Waals surface area contributed by atoms with Crippen molar-refractivity contribution in [3.63, 3.8) is 0 Å². The molecule has 18 heavy (non-hydrogen) atoms. The fourth-order valence-corrected chi connectivity index (χ4v) is 1.76. The third kappa shape index (κ3) is 5.09. The van der Waals surface area contributed by atoms with E-state index in [0.29, 0.717) is 23.9 Å². The summed E-state index contributed by atoms with van der Waals surface area (Å²) in [5.41, 5.74) is 0.224. The fourth-order valence-electron chi connectivity index (χ4n) is 1.13. The number of ether oxygens (including phenoxy) is 2. The van der Waals surface area contributed by atoms with E-state index in [9.17, 15) is 9.59 Å². The Balaban J connectivity index is 2.23. The van der Waals surface area contributed by atoms with Crippen LogP contribution in [-0.2, 0) is 9.53 Å². The molecule has 0 bridgehead atoms. The van der Waals surface area contributed by atoms with Crippen LogP contribution in [0.1, 0.15) is 10.4 Å². The SMILES string of the molecule is COC(=O)CSCCOc1ccc(C(=O)O)cc1. The summed E-state index contributed by atoms with van der Waals surface area (Å²) >= 11 is 1.42. The molecule has 1 N–H and O–H groups in total. The van der Waals surface area contributed by atoms with Crippen LogP contribution in [0.5, 0.6) is 5.75 Å². The van der Waals surface area contributed by atoms with Crippen LogP contribution in [-0.4, -0.2) is 42.3 Å². The van der Waals surface area contributed by atoms with E-state index in [2.05, 4.69) is 4.74 Å². The number of carboxylic acids is 1. The van der Waals surface area contributed by atoms with Crippen LogP contribution < -0.4 is 4.74 Å². The number of aromatic carboxylic acids is 1. The van der Waals surface area contributed by atoms with Crippen LogP contribution in [0.3, 0.4) is 0 Å². The van der Waals surface area contributed by atoms with Gasteiger partial charge < -0.3 is 14.6 Å². The monoisotopic (exact) mass is 270 g/mol. The second-order valence-corrected chi connectivity index (χ2v) is 4.41. The fraction of sp³-hybridized carbons (Fsp3) is 0.333. The van der Waals surface area contributed by atoms with Gasteiger partial charge in [-0.1, -0.05) is 0 Å². The molecule has 0 spiro atoms. The summed E-state index contributed by atoms with van der Waals surface area (Å²) in [6.07, 6.45) is 0. The van der Waals surface area contributed by atoms with Crippen LogP contribution in [0.4, 0.5) is 0 Å². The van der Waals surface area contributed by atoms with Gasteiger partial charge in [-0.25, -0.2) is 4.79 Å². The topological polar surface area (TPSA) is 72.8 Å². The molecule has 0 aliphatic heterocycles. The molecule has 0 saturated carbocycles. The van der Waals surface area contributed by atoms with Gasteiger partial charge in [0.05, 0.1) is 25.0 Å². The lowest BCUT2D eigenvalue weighted by atomic mass is 10.2. The second kappa shape index (κ2) is 7.60. The molecule has 0 heterocycles. The van der Waals surface area contributed by atoms with E-state index in [-0.39, 0.29) is 11.5 Å². The Morgan fingerprint density at radius 3 is 2.50 bits per heavy atom.